The van der Waals surface area contributed by atoms with Gasteiger partial charge in [0.25, 0.3) is 0 Å². The third-order valence-electron chi connectivity index (χ3n) is 5.88. The van der Waals surface area contributed by atoms with Crippen molar-refractivity contribution in [2.24, 2.45) is 5.10 Å². The Labute approximate surface area is 184 Å². The molecule has 1 saturated heterocycles. The second-order valence-electron chi connectivity index (χ2n) is 8.49. The van der Waals surface area contributed by atoms with Crippen molar-refractivity contribution in [2.45, 2.75) is 109 Å². The highest BCUT2D eigenvalue weighted by molar-refractivity contribution is 5.85. The van der Waals surface area contributed by atoms with Crippen molar-refractivity contribution >= 4 is 23.8 Å². The maximum Gasteiger partial charge on any atom is 0.0691 e. The number of anilines is 1. The highest BCUT2D eigenvalue weighted by Crippen LogP contribution is 2.18. The highest BCUT2D eigenvalue weighted by Gasteiger charge is 2.24. The summed E-state index contributed by atoms with van der Waals surface area (Å²) in [5.74, 6) is 0. The van der Waals surface area contributed by atoms with E-state index in [9.17, 15) is 5.11 Å². The van der Waals surface area contributed by atoms with Crippen molar-refractivity contribution in [3.63, 3.8) is 0 Å². The number of benzene rings is 1. The minimum atomic E-state index is -0.147. The number of unbranched alkanes of at least 4 members (excludes halogenated alkanes) is 7. The molecule has 0 saturated carbocycles. The molecule has 3 atom stereocenters. The summed E-state index contributed by atoms with van der Waals surface area (Å²) < 4.78 is 0. The van der Waals surface area contributed by atoms with Crippen LogP contribution in [0.1, 0.15) is 90.9 Å². The number of para-hydroxylation sites is 1. The molecule has 0 spiro atoms. The van der Waals surface area contributed by atoms with Crippen molar-refractivity contribution in [3.8, 4) is 0 Å². The van der Waals surface area contributed by atoms with E-state index in [0.717, 1.165) is 24.9 Å². The summed E-state index contributed by atoms with van der Waals surface area (Å²) in [5, 5.41) is 17.8. The van der Waals surface area contributed by atoms with E-state index in [0.29, 0.717) is 6.04 Å². The first-order valence-corrected chi connectivity index (χ1v) is 11.4. The molecular formula is C24H42ClN3O. The Balaban J connectivity index is 0.00000420. The summed E-state index contributed by atoms with van der Waals surface area (Å²) in [6.07, 6.45) is 15.0. The van der Waals surface area contributed by atoms with Crippen LogP contribution in [0.25, 0.3) is 0 Å². The van der Waals surface area contributed by atoms with E-state index in [2.05, 4.69) is 29.7 Å². The second-order valence-corrected chi connectivity index (χ2v) is 8.49. The molecular weight excluding hydrogens is 382 g/mol. The molecule has 0 bridgehead atoms. The number of nitrogens with zero attached hydrogens (tertiary/aromatic N) is 1. The van der Waals surface area contributed by atoms with Gasteiger partial charge < -0.3 is 10.4 Å². The smallest absolute Gasteiger partial charge is 0.0691 e. The number of aliphatic hydroxyl groups excluding tert-OH is 1. The zero-order valence-corrected chi connectivity index (χ0v) is 19.2. The lowest BCUT2D eigenvalue weighted by Crippen LogP contribution is -2.48. The number of halogens is 1. The normalized spacial score (nSPS) is 22.2. The van der Waals surface area contributed by atoms with E-state index in [1.54, 1.807) is 0 Å². The second kappa shape index (κ2) is 15.7. The monoisotopic (exact) mass is 423 g/mol. The lowest BCUT2D eigenvalue weighted by atomic mass is 9.93. The zero-order valence-electron chi connectivity index (χ0n) is 18.4. The van der Waals surface area contributed by atoms with Crippen LogP contribution in [0.15, 0.2) is 35.4 Å². The molecule has 2 rings (SSSR count). The van der Waals surface area contributed by atoms with Crippen LogP contribution in [0.4, 0.5) is 5.69 Å². The standard InChI is InChI=1S/C24H41N3O.ClH/c1-20(26-27-23-16-12-9-13-17-23)14-10-7-5-3-4-6-8-11-15-22-18-19-24(28)21(2)25-22;/h9,12-13,16-17,21-22,24-25,27-28H,3-8,10-11,14-15,18-19H2,1-2H3;1H/b26-20-;/t21-,22+,24-;/m1./s1. The van der Waals surface area contributed by atoms with Gasteiger partial charge in [-0.1, -0.05) is 63.1 Å². The largest absolute Gasteiger partial charge is 0.392 e. The maximum absolute atomic E-state index is 9.76. The van der Waals surface area contributed by atoms with Crippen LogP contribution in [0.5, 0.6) is 0 Å². The molecule has 0 aromatic heterocycles. The van der Waals surface area contributed by atoms with Crippen LogP contribution >= 0.6 is 12.4 Å². The van der Waals surface area contributed by atoms with E-state index in [4.69, 9.17) is 0 Å². The molecule has 5 heteroatoms. The van der Waals surface area contributed by atoms with Crippen LogP contribution < -0.4 is 10.7 Å². The maximum atomic E-state index is 9.76. The molecule has 0 radical (unpaired) electrons. The van der Waals surface area contributed by atoms with Crippen LogP contribution in [0.3, 0.4) is 0 Å². The van der Waals surface area contributed by atoms with Crippen molar-refractivity contribution in [1.82, 2.24) is 5.32 Å². The average Bonchev–Trinajstić information content (AvgIpc) is 2.71. The van der Waals surface area contributed by atoms with Crippen LogP contribution in [-0.2, 0) is 0 Å². The molecule has 0 amide bonds. The third-order valence-corrected chi connectivity index (χ3v) is 5.88. The Morgan fingerprint density at radius 2 is 1.62 bits per heavy atom. The first kappa shape index (κ1) is 25.9. The molecule has 0 aliphatic carbocycles. The Kier molecular flexibility index (Phi) is 14.0. The quantitative estimate of drug-likeness (QED) is 0.198. The van der Waals surface area contributed by atoms with Crippen molar-refractivity contribution in [1.29, 1.82) is 0 Å². The van der Waals surface area contributed by atoms with E-state index < -0.39 is 0 Å². The van der Waals surface area contributed by atoms with Gasteiger partial charge in [0.2, 0.25) is 0 Å². The Morgan fingerprint density at radius 1 is 1.00 bits per heavy atom. The van der Waals surface area contributed by atoms with Crippen LogP contribution in [-0.4, -0.2) is 29.0 Å². The predicted octanol–water partition coefficient (Wildman–Crippen LogP) is 6.30. The van der Waals surface area contributed by atoms with Crippen LogP contribution in [0.2, 0.25) is 0 Å². The molecule has 1 fully saturated rings. The lowest BCUT2D eigenvalue weighted by molar-refractivity contribution is 0.0849. The topological polar surface area (TPSA) is 56.6 Å². The number of rotatable bonds is 13. The predicted molar refractivity (Wildman–Crippen MR) is 128 cm³/mol. The van der Waals surface area contributed by atoms with Gasteiger partial charge in [-0.2, -0.15) is 5.10 Å². The molecule has 0 unspecified atom stereocenters. The van der Waals surface area contributed by atoms with Gasteiger partial charge in [0.1, 0.15) is 0 Å². The highest BCUT2D eigenvalue weighted by atomic mass is 35.5. The first-order valence-electron chi connectivity index (χ1n) is 11.4. The minimum Gasteiger partial charge on any atom is -0.392 e. The number of hydrazone groups is 1. The number of hydrogen-bond donors (Lipinski definition) is 3. The number of piperidine rings is 1. The van der Waals surface area contributed by atoms with E-state index >= 15 is 0 Å². The molecule has 3 N–H and O–H groups in total. The lowest BCUT2D eigenvalue weighted by Gasteiger charge is -2.32. The summed E-state index contributed by atoms with van der Waals surface area (Å²) >= 11 is 0. The van der Waals surface area contributed by atoms with Gasteiger partial charge in [-0.15, -0.1) is 12.4 Å². The summed E-state index contributed by atoms with van der Waals surface area (Å²) in [6.45, 7) is 4.21. The first-order chi connectivity index (χ1) is 13.6. The molecule has 1 aliphatic rings. The molecule has 1 heterocycles. The number of hydrogen-bond acceptors (Lipinski definition) is 4. The molecule has 1 aromatic rings. The van der Waals surface area contributed by atoms with Gasteiger partial charge in [0.15, 0.2) is 0 Å². The van der Waals surface area contributed by atoms with Crippen molar-refractivity contribution in [2.75, 3.05) is 5.43 Å². The summed E-state index contributed by atoms with van der Waals surface area (Å²) in [6, 6.07) is 11.0. The SMILES string of the molecule is C/C(CCCCCCCCCC[C@H]1CC[C@@H](O)[C@@H](C)N1)=N/Nc1ccccc1.Cl. The summed E-state index contributed by atoms with van der Waals surface area (Å²) in [5.41, 5.74) is 5.36. The molecule has 29 heavy (non-hydrogen) atoms. The van der Waals surface area contributed by atoms with Crippen molar-refractivity contribution in [3.05, 3.63) is 30.3 Å². The summed E-state index contributed by atoms with van der Waals surface area (Å²) in [7, 11) is 0. The van der Waals surface area contributed by atoms with Gasteiger partial charge in [0, 0.05) is 17.8 Å². The van der Waals surface area contributed by atoms with Gasteiger partial charge in [0.05, 0.1) is 11.8 Å². The Morgan fingerprint density at radius 3 is 2.28 bits per heavy atom. The third kappa shape index (κ3) is 11.6. The van der Waals surface area contributed by atoms with Gasteiger partial charge >= 0.3 is 0 Å². The van der Waals surface area contributed by atoms with Crippen molar-refractivity contribution < 1.29 is 5.11 Å². The minimum absolute atomic E-state index is 0. The summed E-state index contributed by atoms with van der Waals surface area (Å²) in [4.78, 5) is 0. The van der Waals surface area contributed by atoms with Gasteiger partial charge in [-0.3, -0.25) is 5.43 Å². The van der Waals surface area contributed by atoms with E-state index in [1.807, 2.05) is 30.3 Å². The molecule has 1 aromatic carbocycles. The van der Waals surface area contributed by atoms with E-state index in [-0.39, 0.29) is 24.6 Å². The van der Waals surface area contributed by atoms with Gasteiger partial charge in [-0.25, -0.2) is 0 Å². The molecule has 4 nitrogen and oxygen atoms in total. The van der Waals surface area contributed by atoms with Gasteiger partial charge in [-0.05, 0) is 58.1 Å². The zero-order chi connectivity index (χ0) is 20.0. The number of nitrogens with one attached hydrogen (secondary N) is 2. The number of aliphatic hydroxyl groups is 1. The Bertz CT molecular complexity index is 552. The fraction of sp³-hybridized carbons (Fsp3) is 0.708. The average molecular weight is 424 g/mol. The molecule has 1 aliphatic heterocycles. The fourth-order valence-corrected chi connectivity index (χ4v) is 3.98. The molecule has 166 valence electrons. The van der Waals surface area contributed by atoms with E-state index in [1.165, 1.54) is 63.5 Å². The van der Waals surface area contributed by atoms with Crippen LogP contribution in [0, 0.1) is 0 Å². The fourth-order valence-electron chi connectivity index (χ4n) is 3.98. The Hall–Kier alpha value is -1.10.